The van der Waals surface area contributed by atoms with Gasteiger partial charge in [0.1, 0.15) is 0 Å². The van der Waals surface area contributed by atoms with Gasteiger partial charge in [-0.1, -0.05) is 0 Å². The molecule has 2 N–H and O–H groups in total. The second kappa shape index (κ2) is 5.68. The molecular weight excluding hydrogens is 262 g/mol. The molecule has 2 saturated heterocycles. The highest BCUT2D eigenvalue weighted by Crippen LogP contribution is 2.32. The third-order valence-electron chi connectivity index (χ3n) is 5.13. The number of nitrogen functional groups attached to an aromatic ring is 1. The highest BCUT2D eigenvalue weighted by Gasteiger charge is 2.34. The normalized spacial score (nSPS) is 26.5. The third kappa shape index (κ3) is 2.77. The molecule has 2 aliphatic rings. The third-order valence-corrected chi connectivity index (χ3v) is 5.13. The fourth-order valence-corrected chi connectivity index (χ4v) is 3.95. The Balaban J connectivity index is 1.76. The highest BCUT2D eigenvalue weighted by molar-refractivity contribution is 5.99. The molecule has 4 nitrogen and oxygen atoms in total. The lowest BCUT2D eigenvalue weighted by Crippen LogP contribution is -2.52. The number of benzene rings is 1. The number of carbonyl (C=O) groups excluding carboxylic acids is 1. The minimum absolute atomic E-state index is 0.0339. The van der Waals surface area contributed by atoms with Gasteiger partial charge in [0.05, 0.1) is 0 Å². The van der Waals surface area contributed by atoms with Gasteiger partial charge >= 0.3 is 0 Å². The van der Waals surface area contributed by atoms with E-state index >= 15 is 0 Å². The van der Waals surface area contributed by atoms with Crippen LogP contribution >= 0.6 is 0 Å². The molecular formula is C17H25N3O. The lowest BCUT2D eigenvalue weighted by molar-refractivity contribution is 0.101. The van der Waals surface area contributed by atoms with Crippen LogP contribution in [-0.2, 0) is 0 Å². The Labute approximate surface area is 126 Å². The van der Waals surface area contributed by atoms with Crippen molar-refractivity contribution in [1.29, 1.82) is 0 Å². The number of ketones is 1. The van der Waals surface area contributed by atoms with Gasteiger partial charge in [-0.15, -0.1) is 0 Å². The standard InChI is InChI=1S/C17H25N3O/c1-12(21)15-6-5-14(10-16(15)18)20-9-7-17-13(11-20)4-3-8-19(17)2/h5-6,10,13,17H,3-4,7-9,11,18H2,1-2H3. The van der Waals surface area contributed by atoms with Gasteiger partial charge in [0.25, 0.3) is 0 Å². The maximum Gasteiger partial charge on any atom is 0.161 e. The van der Waals surface area contributed by atoms with Gasteiger partial charge in [0.2, 0.25) is 0 Å². The minimum Gasteiger partial charge on any atom is -0.398 e. The van der Waals surface area contributed by atoms with Crippen molar-refractivity contribution in [2.24, 2.45) is 5.92 Å². The number of hydrogen-bond acceptors (Lipinski definition) is 4. The number of nitrogens with two attached hydrogens (primary N) is 1. The van der Waals surface area contributed by atoms with Crippen molar-refractivity contribution >= 4 is 17.2 Å². The largest absolute Gasteiger partial charge is 0.398 e. The molecule has 21 heavy (non-hydrogen) atoms. The summed E-state index contributed by atoms with van der Waals surface area (Å²) in [6.45, 7) is 4.98. The summed E-state index contributed by atoms with van der Waals surface area (Å²) in [7, 11) is 2.26. The molecule has 0 amide bonds. The van der Waals surface area contributed by atoms with Crippen LogP contribution in [-0.4, -0.2) is 43.4 Å². The zero-order valence-electron chi connectivity index (χ0n) is 13.0. The van der Waals surface area contributed by atoms with E-state index in [1.54, 1.807) is 6.92 Å². The molecule has 2 fully saturated rings. The molecule has 0 aromatic heterocycles. The van der Waals surface area contributed by atoms with Gasteiger partial charge in [-0.25, -0.2) is 0 Å². The van der Waals surface area contributed by atoms with Crippen LogP contribution in [0.1, 0.15) is 36.5 Å². The monoisotopic (exact) mass is 287 g/mol. The molecule has 2 heterocycles. The molecule has 0 bridgehead atoms. The number of rotatable bonds is 2. The van der Waals surface area contributed by atoms with Gasteiger partial charge in [-0.05, 0) is 63.9 Å². The molecule has 0 radical (unpaired) electrons. The highest BCUT2D eigenvalue weighted by atomic mass is 16.1. The molecule has 1 aromatic carbocycles. The number of fused-ring (bicyclic) bond motifs is 1. The van der Waals surface area contributed by atoms with E-state index in [0.29, 0.717) is 11.3 Å². The molecule has 2 unspecified atom stereocenters. The van der Waals surface area contributed by atoms with Crippen LogP contribution in [0.25, 0.3) is 0 Å². The first-order valence-electron chi connectivity index (χ1n) is 7.92. The van der Waals surface area contributed by atoms with E-state index in [0.717, 1.165) is 30.7 Å². The summed E-state index contributed by atoms with van der Waals surface area (Å²) in [6, 6.07) is 6.61. The van der Waals surface area contributed by atoms with Gasteiger partial charge in [0, 0.05) is 36.1 Å². The molecule has 0 aliphatic carbocycles. The second-order valence-corrected chi connectivity index (χ2v) is 6.51. The fraction of sp³-hybridized carbons (Fsp3) is 0.588. The number of likely N-dealkylation sites (tertiary alicyclic amines) is 1. The van der Waals surface area contributed by atoms with Gasteiger partial charge in [0.15, 0.2) is 5.78 Å². The van der Waals surface area contributed by atoms with Gasteiger partial charge < -0.3 is 15.5 Å². The zero-order valence-corrected chi connectivity index (χ0v) is 13.0. The Kier molecular flexibility index (Phi) is 3.89. The quantitative estimate of drug-likeness (QED) is 0.670. The molecule has 114 valence electrons. The maximum atomic E-state index is 11.5. The minimum atomic E-state index is 0.0339. The Morgan fingerprint density at radius 3 is 2.81 bits per heavy atom. The fourth-order valence-electron chi connectivity index (χ4n) is 3.95. The molecule has 3 rings (SSSR count). The van der Waals surface area contributed by atoms with Crippen LogP contribution in [0.4, 0.5) is 11.4 Å². The van der Waals surface area contributed by atoms with Crippen molar-refractivity contribution < 1.29 is 4.79 Å². The number of hydrogen-bond donors (Lipinski definition) is 1. The molecule has 4 heteroatoms. The van der Waals surface area contributed by atoms with Crippen molar-refractivity contribution in [3.63, 3.8) is 0 Å². The van der Waals surface area contributed by atoms with E-state index in [1.807, 2.05) is 18.2 Å². The number of carbonyl (C=O) groups is 1. The first-order valence-corrected chi connectivity index (χ1v) is 7.92. The van der Waals surface area contributed by atoms with Crippen molar-refractivity contribution in [2.75, 3.05) is 37.3 Å². The number of anilines is 2. The van der Waals surface area contributed by atoms with Crippen LogP contribution in [0.5, 0.6) is 0 Å². The summed E-state index contributed by atoms with van der Waals surface area (Å²) in [6.07, 6.45) is 3.85. The summed E-state index contributed by atoms with van der Waals surface area (Å²) in [5.41, 5.74) is 8.41. The predicted octanol–water partition coefficient (Wildman–Crippen LogP) is 2.39. The van der Waals surface area contributed by atoms with Crippen molar-refractivity contribution in [1.82, 2.24) is 4.90 Å². The summed E-state index contributed by atoms with van der Waals surface area (Å²) < 4.78 is 0. The summed E-state index contributed by atoms with van der Waals surface area (Å²) in [4.78, 5) is 16.4. The van der Waals surface area contributed by atoms with Gasteiger partial charge in [-0.2, -0.15) is 0 Å². The van der Waals surface area contributed by atoms with Crippen LogP contribution < -0.4 is 10.6 Å². The van der Waals surface area contributed by atoms with E-state index in [9.17, 15) is 4.79 Å². The van der Waals surface area contributed by atoms with Crippen LogP contribution in [0.2, 0.25) is 0 Å². The second-order valence-electron chi connectivity index (χ2n) is 6.51. The first kappa shape index (κ1) is 14.4. The Morgan fingerprint density at radius 1 is 1.29 bits per heavy atom. The average Bonchev–Trinajstić information content (AvgIpc) is 2.46. The molecule has 0 spiro atoms. The molecule has 0 saturated carbocycles. The van der Waals surface area contributed by atoms with Gasteiger partial charge in [-0.3, -0.25) is 4.79 Å². The summed E-state index contributed by atoms with van der Waals surface area (Å²) >= 11 is 0. The van der Waals surface area contributed by atoms with Crippen molar-refractivity contribution in [2.45, 2.75) is 32.2 Å². The Bertz CT molecular complexity index is 543. The Hall–Kier alpha value is -1.55. The number of nitrogens with zero attached hydrogens (tertiary/aromatic N) is 2. The lowest BCUT2D eigenvalue weighted by Gasteiger charge is -2.46. The summed E-state index contributed by atoms with van der Waals surface area (Å²) in [5, 5.41) is 0. The van der Waals surface area contributed by atoms with Crippen LogP contribution in [0, 0.1) is 5.92 Å². The van der Waals surface area contributed by atoms with Crippen LogP contribution in [0.15, 0.2) is 18.2 Å². The molecule has 2 aliphatic heterocycles. The van der Waals surface area contributed by atoms with E-state index in [1.165, 1.54) is 25.8 Å². The smallest absolute Gasteiger partial charge is 0.161 e. The number of piperidine rings is 2. The van der Waals surface area contributed by atoms with E-state index in [-0.39, 0.29) is 5.78 Å². The topological polar surface area (TPSA) is 49.6 Å². The Morgan fingerprint density at radius 2 is 2.10 bits per heavy atom. The van der Waals surface area contributed by atoms with Crippen LogP contribution in [0.3, 0.4) is 0 Å². The first-order chi connectivity index (χ1) is 10.1. The van der Waals surface area contributed by atoms with Crippen molar-refractivity contribution in [3.8, 4) is 0 Å². The van der Waals surface area contributed by atoms with Crippen molar-refractivity contribution in [3.05, 3.63) is 23.8 Å². The average molecular weight is 287 g/mol. The zero-order chi connectivity index (χ0) is 15.0. The molecule has 2 atom stereocenters. The number of Topliss-reactive ketones (excluding diaryl/α,β-unsaturated/α-hetero) is 1. The van der Waals surface area contributed by atoms with E-state index < -0.39 is 0 Å². The van der Waals surface area contributed by atoms with E-state index in [4.69, 9.17) is 5.73 Å². The lowest BCUT2D eigenvalue weighted by atomic mass is 9.84. The summed E-state index contributed by atoms with van der Waals surface area (Å²) in [5.74, 6) is 0.790. The molecule has 1 aromatic rings. The SMILES string of the molecule is CC(=O)c1ccc(N2CCC3C(CCCN3C)C2)cc1N. The maximum absolute atomic E-state index is 11.5. The predicted molar refractivity (Wildman–Crippen MR) is 86.8 cm³/mol. The van der Waals surface area contributed by atoms with E-state index in [2.05, 4.69) is 16.8 Å².